The van der Waals surface area contributed by atoms with Gasteiger partial charge in [0.05, 0.1) is 16.6 Å². The first-order chi connectivity index (χ1) is 9.45. The molecule has 1 aromatic heterocycles. The summed E-state index contributed by atoms with van der Waals surface area (Å²) in [4.78, 5) is 15.8. The number of hydrogen-bond donors (Lipinski definition) is 1. The molecule has 1 aromatic carbocycles. The zero-order valence-corrected chi connectivity index (χ0v) is 12.6. The average Bonchev–Trinajstić information content (AvgIpc) is 2.74. The van der Waals surface area contributed by atoms with Gasteiger partial charge in [-0.1, -0.05) is 20.8 Å². The van der Waals surface area contributed by atoms with E-state index in [1.807, 2.05) is 6.07 Å². The molecule has 0 saturated heterocycles. The third kappa shape index (κ3) is 2.55. The van der Waals surface area contributed by atoms with Crippen LogP contribution < -0.4 is 0 Å². The van der Waals surface area contributed by atoms with Crippen molar-refractivity contribution in [3.63, 3.8) is 0 Å². The van der Waals surface area contributed by atoms with Gasteiger partial charge in [-0.25, -0.2) is 9.78 Å². The lowest BCUT2D eigenvalue weighted by atomic mass is 10.1. The minimum atomic E-state index is -0.895. The van der Waals surface area contributed by atoms with Gasteiger partial charge in [-0.2, -0.15) is 0 Å². The summed E-state index contributed by atoms with van der Waals surface area (Å²) in [5, 5.41) is 9.16. The molecule has 1 N–H and O–H groups in total. The molecule has 4 heteroatoms. The van der Waals surface area contributed by atoms with Crippen molar-refractivity contribution in [3.8, 4) is 0 Å². The maximum absolute atomic E-state index is 11.2. The standard InChI is InChI=1S/C16H22N2O2/c1-5-6-15-17-13-8-7-12(16(19)20)9-14(13)18(15)11(4)10(2)3/h7-11H,5-6H2,1-4H3,(H,19,20). The smallest absolute Gasteiger partial charge is 0.335 e. The minimum Gasteiger partial charge on any atom is -0.478 e. The maximum atomic E-state index is 11.2. The number of carbonyl (C=O) groups is 1. The second-order valence-electron chi connectivity index (χ2n) is 5.64. The van der Waals surface area contributed by atoms with Gasteiger partial charge in [0.15, 0.2) is 0 Å². The topological polar surface area (TPSA) is 55.1 Å². The first-order valence-corrected chi connectivity index (χ1v) is 7.19. The van der Waals surface area contributed by atoms with Crippen molar-refractivity contribution < 1.29 is 9.90 Å². The molecule has 0 fully saturated rings. The molecule has 0 aliphatic heterocycles. The van der Waals surface area contributed by atoms with Crippen molar-refractivity contribution in [3.05, 3.63) is 29.6 Å². The third-order valence-corrected chi connectivity index (χ3v) is 3.86. The number of hydrogen-bond acceptors (Lipinski definition) is 2. The Bertz CT molecular complexity index is 629. The van der Waals surface area contributed by atoms with E-state index in [1.54, 1.807) is 12.1 Å². The average molecular weight is 274 g/mol. The summed E-state index contributed by atoms with van der Waals surface area (Å²) in [6.45, 7) is 8.64. The van der Waals surface area contributed by atoms with Gasteiger partial charge in [-0.3, -0.25) is 0 Å². The second kappa shape index (κ2) is 5.65. The van der Waals surface area contributed by atoms with Crippen molar-refractivity contribution in [2.75, 3.05) is 0 Å². The fourth-order valence-electron chi connectivity index (χ4n) is 2.43. The second-order valence-corrected chi connectivity index (χ2v) is 5.64. The third-order valence-electron chi connectivity index (χ3n) is 3.86. The summed E-state index contributed by atoms with van der Waals surface area (Å²) in [6, 6.07) is 5.47. The summed E-state index contributed by atoms with van der Waals surface area (Å²) in [5.74, 6) is 0.622. The molecule has 4 nitrogen and oxygen atoms in total. The first kappa shape index (κ1) is 14.6. The van der Waals surface area contributed by atoms with Gasteiger partial charge in [0, 0.05) is 12.5 Å². The van der Waals surface area contributed by atoms with Crippen molar-refractivity contribution in [2.45, 2.75) is 46.6 Å². The molecule has 0 spiro atoms. The van der Waals surface area contributed by atoms with Crippen LogP contribution in [0.5, 0.6) is 0 Å². The van der Waals surface area contributed by atoms with Gasteiger partial charge in [0.25, 0.3) is 0 Å². The summed E-state index contributed by atoms with van der Waals surface area (Å²) in [7, 11) is 0. The highest BCUT2D eigenvalue weighted by Gasteiger charge is 2.18. The van der Waals surface area contributed by atoms with Crippen molar-refractivity contribution in [2.24, 2.45) is 5.92 Å². The maximum Gasteiger partial charge on any atom is 0.335 e. The predicted octanol–water partition coefficient (Wildman–Crippen LogP) is 3.90. The largest absolute Gasteiger partial charge is 0.478 e. The van der Waals surface area contributed by atoms with Gasteiger partial charge >= 0.3 is 5.97 Å². The lowest BCUT2D eigenvalue weighted by Gasteiger charge is -2.21. The molecule has 2 rings (SSSR count). The molecule has 0 amide bonds. The molecule has 108 valence electrons. The Morgan fingerprint density at radius 1 is 1.35 bits per heavy atom. The highest BCUT2D eigenvalue weighted by Crippen LogP contribution is 2.27. The Hall–Kier alpha value is -1.84. The SMILES string of the molecule is CCCc1nc2ccc(C(=O)O)cc2n1C(C)C(C)C. The molecule has 0 saturated carbocycles. The van der Waals surface area contributed by atoms with E-state index in [4.69, 9.17) is 5.11 Å². The van der Waals surface area contributed by atoms with Crippen LogP contribution in [0.1, 0.15) is 56.3 Å². The van der Waals surface area contributed by atoms with Gasteiger partial charge in [0.1, 0.15) is 5.82 Å². The molecule has 0 aliphatic rings. The monoisotopic (exact) mass is 274 g/mol. The van der Waals surface area contributed by atoms with Crippen LogP contribution in [0.2, 0.25) is 0 Å². The Morgan fingerprint density at radius 3 is 2.60 bits per heavy atom. The molecule has 1 unspecified atom stereocenters. The van der Waals surface area contributed by atoms with E-state index in [0.29, 0.717) is 17.5 Å². The number of fused-ring (bicyclic) bond motifs is 1. The highest BCUT2D eigenvalue weighted by atomic mass is 16.4. The number of nitrogens with zero attached hydrogens (tertiary/aromatic N) is 2. The number of benzene rings is 1. The number of imidazole rings is 1. The number of carboxylic acid groups (broad SMARTS) is 1. The van der Waals surface area contributed by atoms with Crippen LogP contribution in [0.15, 0.2) is 18.2 Å². The van der Waals surface area contributed by atoms with Crippen LogP contribution in [0.4, 0.5) is 0 Å². The summed E-state index contributed by atoms with van der Waals surface area (Å²) < 4.78 is 2.20. The Balaban J connectivity index is 2.67. The van der Waals surface area contributed by atoms with E-state index < -0.39 is 5.97 Å². The molecule has 0 aliphatic carbocycles. The fourth-order valence-corrected chi connectivity index (χ4v) is 2.43. The van der Waals surface area contributed by atoms with E-state index in [2.05, 4.69) is 37.2 Å². The molecular weight excluding hydrogens is 252 g/mol. The Kier molecular flexibility index (Phi) is 4.12. The van der Waals surface area contributed by atoms with E-state index in [9.17, 15) is 4.79 Å². The molecule has 1 atom stereocenters. The van der Waals surface area contributed by atoms with Crippen LogP contribution in [0.25, 0.3) is 11.0 Å². The molecule has 0 radical (unpaired) electrons. The predicted molar refractivity (Wildman–Crippen MR) is 80.2 cm³/mol. The lowest BCUT2D eigenvalue weighted by molar-refractivity contribution is 0.0697. The van der Waals surface area contributed by atoms with Crippen LogP contribution in [-0.4, -0.2) is 20.6 Å². The minimum absolute atomic E-state index is 0.297. The van der Waals surface area contributed by atoms with Crippen LogP contribution in [0, 0.1) is 5.92 Å². The van der Waals surface area contributed by atoms with Crippen molar-refractivity contribution >= 4 is 17.0 Å². The van der Waals surface area contributed by atoms with E-state index >= 15 is 0 Å². The van der Waals surface area contributed by atoms with Crippen LogP contribution in [-0.2, 0) is 6.42 Å². The fraction of sp³-hybridized carbons (Fsp3) is 0.500. The van der Waals surface area contributed by atoms with Gasteiger partial charge in [-0.15, -0.1) is 0 Å². The number of aromatic nitrogens is 2. The molecule has 20 heavy (non-hydrogen) atoms. The van der Waals surface area contributed by atoms with Crippen molar-refractivity contribution in [1.82, 2.24) is 9.55 Å². The normalized spacial score (nSPS) is 13.1. The van der Waals surface area contributed by atoms with Crippen molar-refractivity contribution in [1.29, 1.82) is 0 Å². The summed E-state index contributed by atoms with van der Waals surface area (Å²) in [6.07, 6.45) is 1.94. The number of carboxylic acids is 1. The van der Waals surface area contributed by atoms with Crippen LogP contribution >= 0.6 is 0 Å². The van der Waals surface area contributed by atoms with E-state index in [1.165, 1.54) is 0 Å². The Morgan fingerprint density at radius 2 is 2.05 bits per heavy atom. The highest BCUT2D eigenvalue weighted by molar-refractivity contribution is 5.92. The van der Waals surface area contributed by atoms with Gasteiger partial charge < -0.3 is 9.67 Å². The number of aryl methyl sites for hydroxylation is 1. The lowest BCUT2D eigenvalue weighted by Crippen LogP contribution is -2.14. The van der Waals surface area contributed by atoms with Gasteiger partial charge in [0.2, 0.25) is 0 Å². The Labute approximate surface area is 119 Å². The molecule has 1 heterocycles. The molecule has 2 aromatic rings. The molecular formula is C16H22N2O2. The zero-order valence-electron chi connectivity index (χ0n) is 12.6. The zero-order chi connectivity index (χ0) is 14.9. The molecule has 0 bridgehead atoms. The first-order valence-electron chi connectivity index (χ1n) is 7.19. The van der Waals surface area contributed by atoms with E-state index in [0.717, 1.165) is 29.7 Å². The van der Waals surface area contributed by atoms with Gasteiger partial charge in [-0.05, 0) is 37.5 Å². The van der Waals surface area contributed by atoms with E-state index in [-0.39, 0.29) is 0 Å². The van der Waals surface area contributed by atoms with Crippen LogP contribution in [0.3, 0.4) is 0 Å². The summed E-state index contributed by atoms with van der Waals surface area (Å²) in [5.41, 5.74) is 2.12. The number of rotatable bonds is 5. The summed E-state index contributed by atoms with van der Waals surface area (Å²) >= 11 is 0. The quantitative estimate of drug-likeness (QED) is 0.899. The number of aromatic carboxylic acids is 1.